The van der Waals surface area contributed by atoms with Crippen LogP contribution in [0.2, 0.25) is 0 Å². The van der Waals surface area contributed by atoms with Gasteiger partial charge >= 0.3 is 0 Å². The van der Waals surface area contributed by atoms with Crippen LogP contribution >= 0.6 is 0 Å². The van der Waals surface area contributed by atoms with Gasteiger partial charge in [0.15, 0.2) is 0 Å². The predicted octanol–water partition coefficient (Wildman–Crippen LogP) is 3.12. The van der Waals surface area contributed by atoms with Gasteiger partial charge in [0.2, 0.25) is 10.0 Å². The number of methoxy groups -OCH3 is 2. The maximum atomic E-state index is 13.3. The van der Waals surface area contributed by atoms with Gasteiger partial charge in [0, 0.05) is 29.8 Å². The number of sulfonamides is 1. The molecule has 1 saturated carbocycles. The molecule has 30 heavy (non-hydrogen) atoms. The Morgan fingerprint density at radius 2 is 1.87 bits per heavy atom. The number of nitrogens with zero attached hydrogens (tertiary/aromatic N) is 1. The fraction of sp³-hybridized carbons (Fsp3) is 0.409. The molecule has 2 aromatic carbocycles. The lowest BCUT2D eigenvalue weighted by molar-refractivity contribution is 0.0734. The van der Waals surface area contributed by atoms with Crippen molar-refractivity contribution in [2.45, 2.75) is 42.7 Å². The second-order valence-corrected chi connectivity index (χ2v) is 9.40. The maximum absolute atomic E-state index is 13.3. The van der Waals surface area contributed by atoms with E-state index in [1.807, 2.05) is 18.2 Å². The average molecular weight is 431 g/mol. The third-order valence-electron chi connectivity index (χ3n) is 5.60. The summed E-state index contributed by atoms with van der Waals surface area (Å²) in [6.07, 6.45) is 3.40. The van der Waals surface area contributed by atoms with Crippen LogP contribution in [0.1, 0.15) is 47.6 Å². The monoisotopic (exact) mass is 430 g/mol. The van der Waals surface area contributed by atoms with Crippen molar-refractivity contribution in [2.24, 2.45) is 0 Å². The Kier molecular flexibility index (Phi) is 5.71. The number of carbonyl (C=O) groups is 1. The number of hydrogen-bond donors (Lipinski definition) is 1. The number of likely N-dealkylation sites (tertiary alicyclic amines) is 1. The molecule has 0 spiro atoms. The largest absolute Gasteiger partial charge is 0.497 e. The third kappa shape index (κ3) is 4.15. The molecular weight excluding hydrogens is 404 g/mol. The summed E-state index contributed by atoms with van der Waals surface area (Å²) in [6, 6.07) is 11.7. The van der Waals surface area contributed by atoms with Gasteiger partial charge in [0.05, 0.1) is 25.2 Å². The molecule has 2 aliphatic rings. The first-order valence-corrected chi connectivity index (χ1v) is 11.6. The van der Waals surface area contributed by atoms with Crippen LogP contribution in [0.25, 0.3) is 0 Å². The van der Waals surface area contributed by atoms with Gasteiger partial charge in [-0.1, -0.05) is 6.07 Å². The molecule has 8 heteroatoms. The third-order valence-corrected chi connectivity index (χ3v) is 7.12. The Morgan fingerprint density at radius 1 is 1.07 bits per heavy atom. The van der Waals surface area contributed by atoms with E-state index in [1.165, 1.54) is 12.1 Å². The Hall–Kier alpha value is -2.58. The zero-order valence-corrected chi connectivity index (χ0v) is 17.9. The number of hydrogen-bond acceptors (Lipinski definition) is 5. The molecule has 1 saturated heterocycles. The van der Waals surface area contributed by atoms with Crippen molar-refractivity contribution >= 4 is 15.9 Å². The highest BCUT2D eigenvalue weighted by Gasteiger charge is 2.33. The molecule has 4 rings (SSSR count). The van der Waals surface area contributed by atoms with E-state index in [0.29, 0.717) is 23.6 Å². The number of ether oxygens (including phenoxy) is 2. The van der Waals surface area contributed by atoms with Crippen molar-refractivity contribution in [1.82, 2.24) is 9.62 Å². The van der Waals surface area contributed by atoms with Crippen LogP contribution in [0.4, 0.5) is 0 Å². The second kappa shape index (κ2) is 8.28. The number of nitrogens with one attached hydrogen (secondary N) is 1. The highest BCUT2D eigenvalue weighted by molar-refractivity contribution is 7.89. The van der Waals surface area contributed by atoms with Crippen LogP contribution in [0.15, 0.2) is 47.4 Å². The van der Waals surface area contributed by atoms with Crippen molar-refractivity contribution in [3.8, 4) is 11.5 Å². The van der Waals surface area contributed by atoms with Gasteiger partial charge in [-0.3, -0.25) is 4.79 Å². The van der Waals surface area contributed by atoms with Crippen LogP contribution in [0.3, 0.4) is 0 Å². The number of benzene rings is 2. The summed E-state index contributed by atoms with van der Waals surface area (Å²) in [4.78, 5) is 15.2. The lowest BCUT2D eigenvalue weighted by Gasteiger charge is -2.27. The summed E-state index contributed by atoms with van der Waals surface area (Å²) in [6.45, 7) is 0.607. The summed E-state index contributed by atoms with van der Waals surface area (Å²) >= 11 is 0. The van der Waals surface area contributed by atoms with Gasteiger partial charge in [0.25, 0.3) is 5.91 Å². The number of amides is 1. The van der Waals surface area contributed by atoms with Crippen molar-refractivity contribution < 1.29 is 22.7 Å². The molecule has 1 aliphatic heterocycles. The lowest BCUT2D eigenvalue weighted by atomic mass is 10.0. The number of carbonyl (C=O) groups excluding carboxylic acids is 1. The number of rotatable bonds is 7. The topological polar surface area (TPSA) is 84.9 Å². The van der Waals surface area contributed by atoms with Gasteiger partial charge < -0.3 is 14.4 Å². The second-order valence-electron chi connectivity index (χ2n) is 7.69. The van der Waals surface area contributed by atoms with Crippen molar-refractivity contribution in [3.05, 3.63) is 53.6 Å². The predicted molar refractivity (Wildman–Crippen MR) is 112 cm³/mol. The fourth-order valence-electron chi connectivity index (χ4n) is 3.88. The molecule has 0 radical (unpaired) electrons. The van der Waals surface area contributed by atoms with E-state index >= 15 is 0 Å². The fourth-order valence-corrected chi connectivity index (χ4v) is 5.23. The molecule has 0 aromatic heterocycles. The molecule has 1 N–H and O–H groups in total. The Labute approximate surface area is 177 Å². The zero-order valence-electron chi connectivity index (χ0n) is 17.1. The summed E-state index contributed by atoms with van der Waals surface area (Å²) in [5.41, 5.74) is 1.29. The van der Waals surface area contributed by atoms with E-state index in [4.69, 9.17) is 9.47 Å². The van der Waals surface area contributed by atoms with Crippen molar-refractivity contribution in [1.29, 1.82) is 0 Å². The average Bonchev–Trinajstić information content (AvgIpc) is 3.43. The smallest absolute Gasteiger partial charge is 0.254 e. The SMILES string of the molecule is COc1ccc(C2CCCN2C(=O)c2cccc(S(=O)(=O)NC3CC3)c2)c(OC)c1. The molecule has 1 unspecified atom stereocenters. The van der Waals surface area contributed by atoms with E-state index < -0.39 is 10.0 Å². The molecule has 1 aliphatic carbocycles. The van der Waals surface area contributed by atoms with Gasteiger partial charge in [-0.2, -0.15) is 0 Å². The first-order chi connectivity index (χ1) is 14.4. The van der Waals surface area contributed by atoms with E-state index in [1.54, 1.807) is 31.3 Å². The minimum absolute atomic E-state index is 0.0138. The van der Waals surface area contributed by atoms with Gasteiger partial charge in [-0.15, -0.1) is 0 Å². The van der Waals surface area contributed by atoms with E-state index in [-0.39, 0.29) is 22.9 Å². The molecule has 1 amide bonds. The maximum Gasteiger partial charge on any atom is 0.254 e. The minimum atomic E-state index is -3.62. The van der Waals surface area contributed by atoms with Crippen molar-refractivity contribution in [2.75, 3.05) is 20.8 Å². The van der Waals surface area contributed by atoms with Crippen LogP contribution in [-0.2, 0) is 10.0 Å². The lowest BCUT2D eigenvalue weighted by Crippen LogP contribution is -2.31. The highest BCUT2D eigenvalue weighted by Crippen LogP contribution is 2.39. The van der Waals surface area contributed by atoms with Crippen LogP contribution in [0, 0.1) is 0 Å². The molecule has 0 bridgehead atoms. The van der Waals surface area contributed by atoms with Crippen LogP contribution in [-0.4, -0.2) is 46.0 Å². The Morgan fingerprint density at radius 3 is 2.57 bits per heavy atom. The summed E-state index contributed by atoms with van der Waals surface area (Å²) in [5, 5.41) is 0. The van der Waals surface area contributed by atoms with Crippen LogP contribution in [0.5, 0.6) is 11.5 Å². The van der Waals surface area contributed by atoms with Crippen LogP contribution < -0.4 is 14.2 Å². The molecule has 2 fully saturated rings. The summed E-state index contributed by atoms with van der Waals surface area (Å²) in [7, 11) is -0.421. The molecule has 2 aromatic rings. The molecule has 1 heterocycles. The summed E-state index contributed by atoms with van der Waals surface area (Å²) < 4.78 is 38.6. The highest BCUT2D eigenvalue weighted by atomic mass is 32.2. The Bertz CT molecular complexity index is 1050. The standard InChI is InChI=1S/C22H26N2O5S/c1-28-17-10-11-19(21(14-17)29-2)20-7-4-12-24(20)22(25)15-5-3-6-18(13-15)30(26,27)23-16-8-9-16/h3,5-6,10-11,13-14,16,20,23H,4,7-9,12H2,1-2H3. The molecule has 160 valence electrons. The molecule has 1 atom stereocenters. The van der Waals surface area contributed by atoms with Gasteiger partial charge in [-0.25, -0.2) is 13.1 Å². The minimum Gasteiger partial charge on any atom is -0.497 e. The van der Waals surface area contributed by atoms with Crippen molar-refractivity contribution in [3.63, 3.8) is 0 Å². The first-order valence-electron chi connectivity index (χ1n) is 10.1. The normalized spacial score (nSPS) is 19.0. The van der Waals surface area contributed by atoms with E-state index in [2.05, 4.69) is 4.72 Å². The van der Waals surface area contributed by atoms with Gasteiger partial charge in [-0.05, 0) is 56.0 Å². The Balaban J connectivity index is 1.61. The molecular formula is C22H26N2O5S. The van der Waals surface area contributed by atoms with Gasteiger partial charge in [0.1, 0.15) is 11.5 Å². The van der Waals surface area contributed by atoms with E-state index in [9.17, 15) is 13.2 Å². The van der Waals surface area contributed by atoms with E-state index in [0.717, 1.165) is 31.2 Å². The first kappa shape index (κ1) is 20.7. The summed E-state index contributed by atoms with van der Waals surface area (Å²) in [5.74, 6) is 1.18. The zero-order chi connectivity index (χ0) is 21.3. The molecule has 7 nitrogen and oxygen atoms in total. The quantitative estimate of drug-likeness (QED) is 0.730.